The van der Waals surface area contributed by atoms with Crippen LogP contribution in [0.5, 0.6) is 0 Å². The second kappa shape index (κ2) is 2.18. The van der Waals surface area contributed by atoms with Crippen molar-refractivity contribution in [3.8, 4) is 0 Å². The average molecular weight is 171 g/mol. The van der Waals surface area contributed by atoms with Crippen LogP contribution in [0.3, 0.4) is 0 Å². The van der Waals surface area contributed by atoms with Crippen LogP contribution in [-0.2, 0) is 0 Å². The summed E-state index contributed by atoms with van der Waals surface area (Å²) in [5.41, 5.74) is 0.921. The molecule has 4 heteroatoms. The van der Waals surface area contributed by atoms with Crippen molar-refractivity contribution in [3.05, 3.63) is 22.9 Å². The third kappa shape index (κ3) is 0.874. The van der Waals surface area contributed by atoms with Crippen LogP contribution in [0.15, 0.2) is 18.5 Å². The first-order valence-corrected chi connectivity index (χ1v) is 3.92. The molecule has 0 aromatic carbocycles. The molecule has 0 atom stereocenters. The molecule has 0 amide bonds. The van der Waals surface area contributed by atoms with Gasteiger partial charge in [-0.15, -0.1) is 11.3 Å². The number of fused-ring (bicyclic) bond motifs is 1. The Balaban J connectivity index is 2.88. The lowest BCUT2D eigenvalue weighted by atomic mass is 10.5. The maximum atomic E-state index is 5.66. The van der Waals surface area contributed by atoms with Gasteiger partial charge in [0.15, 0.2) is 4.47 Å². The quantitative estimate of drug-likeness (QED) is 0.607. The van der Waals surface area contributed by atoms with Gasteiger partial charge >= 0.3 is 0 Å². The number of hydrogen-bond acceptors (Lipinski definition) is 3. The first-order chi connectivity index (χ1) is 4.86. The highest BCUT2D eigenvalue weighted by Crippen LogP contribution is 2.23. The Morgan fingerprint density at radius 3 is 3.20 bits per heavy atom. The van der Waals surface area contributed by atoms with E-state index in [1.54, 1.807) is 12.4 Å². The standard InChI is InChI=1S/C6H3ClN2S/c7-6-9-4-1-2-8-3-5(4)10-6/h1-3H. The van der Waals surface area contributed by atoms with Crippen molar-refractivity contribution in [2.45, 2.75) is 0 Å². The Bertz CT molecular complexity index is 324. The summed E-state index contributed by atoms with van der Waals surface area (Å²) < 4.78 is 1.61. The van der Waals surface area contributed by atoms with Crippen LogP contribution in [0, 0.1) is 0 Å². The van der Waals surface area contributed by atoms with E-state index in [2.05, 4.69) is 9.97 Å². The Morgan fingerprint density at radius 2 is 2.40 bits per heavy atom. The van der Waals surface area contributed by atoms with E-state index in [0.717, 1.165) is 10.2 Å². The number of halogens is 1. The highest BCUT2D eigenvalue weighted by Gasteiger charge is 1.98. The van der Waals surface area contributed by atoms with Crippen molar-refractivity contribution >= 4 is 33.2 Å². The van der Waals surface area contributed by atoms with Crippen LogP contribution in [-0.4, -0.2) is 9.97 Å². The molecule has 0 radical (unpaired) electrons. The smallest absolute Gasteiger partial charge is 0.184 e. The van der Waals surface area contributed by atoms with Gasteiger partial charge in [0.25, 0.3) is 0 Å². The predicted molar refractivity (Wildman–Crippen MR) is 42.4 cm³/mol. The Kier molecular flexibility index (Phi) is 1.32. The van der Waals surface area contributed by atoms with Gasteiger partial charge in [-0.1, -0.05) is 11.6 Å². The average Bonchev–Trinajstić information content (AvgIpc) is 2.27. The highest BCUT2D eigenvalue weighted by molar-refractivity contribution is 7.22. The zero-order valence-electron chi connectivity index (χ0n) is 4.91. The summed E-state index contributed by atoms with van der Waals surface area (Å²) in [5, 5.41) is 0. The molecule has 0 fully saturated rings. The molecule has 0 aliphatic heterocycles. The maximum Gasteiger partial charge on any atom is 0.184 e. The van der Waals surface area contributed by atoms with Crippen LogP contribution in [0.25, 0.3) is 10.2 Å². The topological polar surface area (TPSA) is 25.8 Å². The second-order valence-corrected chi connectivity index (χ2v) is 3.42. The van der Waals surface area contributed by atoms with E-state index in [1.807, 2.05) is 6.07 Å². The maximum absolute atomic E-state index is 5.66. The van der Waals surface area contributed by atoms with Crippen LogP contribution in [0.4, 0.5) is 0 Å². The first kappa shape index (κ1) is 6.07. The molecular weight excluding hydrogens is 168 g/mol. The molecule has 50 valence electrons. The number of pyridine rings is 1. The van der Waals surface area contributed by atoms with E-state index < -0.39 is 0 Å². The molecule has 0 aliphatic rings. The van der Waals surface area contributed by atoms with Gasteiger partial charge in [0, 0.05) is 12.4 Å². The molecule has 2 rings (SSSR count). The number of thiazole rings is 1. The predicted octanol–water partition coefficient (Wildman–Crippen LogP) is 2.34. The summed E-state index contributed by atoms with van der Waals surface area (Å²) in [5.74, 6) is 0. The minimum absolute atomic E-state index is 0.572. The lowest BCUT2D eigenvalue weighted by molar-refractivity contribution is 1.36. The first-order valence-electron chi connectivity index (χ1n) is 2.72. The number of nitrogens with zero attached hydrogens (tertiary/aromatic N) is 2. The number of rotatable bonds is 0. The van der Waals surface area contributed by atoms with Crippen molar-refractivity contribution in [2.75, 3.05) is 0 Å². The van der Waals surface area contributed by atoms with Gasteiger partial charge in [0.2, 0.25) is 0 Å². The van der Waals surface area contributed by atoms with Crippen molar-refractivity contribution in [3.63, 3.8) is 0 Å². The molecule has 2 heterocycles. The Morgan fingerprint density at radius 1 is 1.50 bits per heavy atom. The van der Waals surface area contributed by atoms with Gasteiger partial charge in [-0.25, -0.2) is 4.98 Å². The molecule has 2 aromatic heterocycles. The summed E-state index contributed by atoms with van der Waals surface area (Å²) in [4.78, 5) is 8.00. The molecular formula is C6H3ClN2S. The molecule has 0 saturated heterocycles. The lowest BCUT2D eigenvalue weighted by Gasteiger charge is -1.79. The van der Waals surface area contributed by atoms with Crippen LogP contribution in [0.2, 0.25) is 4.47 Å². The molecule has 2 aromatic rings. The molecule has 0 N–H and O–H groups in total. The zero-order valence-corrected chi connectivity index (χ0v) is 6.49. The van der Waals surface area contributed by atoms with Crippen molar-refractivity contribution in [1.82, 2.24) is 9.97 Å². The van der Waals surface area contributed by atoms with Gasteiger partial charge in [-0.3, -0.25) is 4.98 Å². The van der Waals surface area contributed by atoms with Crippen LogP contribution >= 0.6 is 22.9 Å². The fraction of sp³-hybridized carbons (Fsp3) is 0. The van der Waals surface area contributed by atoms with Crippen molar-refractivity contribution in [1.29, 1.82) is 0 Å². The fourth-order valence-corrected chi connectivity index (χ4v) is 1.75. The summed E-state index contributed by atoms with van der Waals surface area (Å²) in [6.45, 7) is 0. The molecule has 0 unspecified atom stereocenters. The SMILES string of the molecule is Clc1nc2ccncc2s1. The van der Waals surface area contributed by atoms with E-state index in [9.17, 15) is 0 Å². The zero-order chi connectivity index (χ0) is 6.97. The summed E-state index contributed by atoms with van der Waals surface area (Å²) in [7, 11) is 0. The van der Waals surface area contributed by atoms with E-state index >= 15 is 0 Å². The molecule has 10 heavy (non-hydrogen) atoms. The molecule has 0 saturated carbocycles. The summed E-state index contributed by atoms with van der Waals surface area (Å²) in [6, 6.07) is 1.84. The minimum Gasteiger partial charge on any atom is -0.263 e. The van der Waals surface area contributed by atoms with Crippen LogP contribution < -0.4 is 0 Å². The monoisotopic (exact) mass is 170 g/mol. The van der Waals surface area contributed by atoms with Gasteiger partial charge < -0.3 is 0 Å². The third-order valence-corrected chi connectivity index (χ3v) is 2.28. The second-order valence-electron chi connectivity index (χ2n) is 1.81. The van der Waals surface area contributed by atoms with E-state index in [-0.39, 0.29) is 0 Å². The van der Waals surface area contributed by atoms with E-state index in [0.29, 0.717) is 4.47 Å². The van der Waals surface area contributed by atoms with Gasteiger partial charge in [-0.05, 0) is 6.07 Å². The summed E-state index contributed by atoms with van der Waals surface area (Å²) >= 11 is 7.11. The van der Waals surface area contributed by atoms with Crippen LogP contribution in [0.1, 0.15) is 0 Å². The van der Waals surface area contributed by atoms with Gasteiger partial charge in [0.05, 0.1) is 10.2 Å². The Labute approximate surface area is 66.5 Å². The summed E-state index contributed by atoms with van der Waals surface area (Å²) in [6.07, 6.45) is 3.47. The van der Waals surface area contributed by atoms with E-state index in [1.165, 1.54) is 11.3 Å². The number of aromatic nitrogens is 2. The van der Waals surface area contributed by atoms with Crippen molar-refractivity contribution < 1.29 is 0 Å². The third-order valence-electron chi connectivity index (χ3n) is 1.17. The normalized spacial score (nSPS) is 10.5. The van der Waals surface area contributed by atoms with E-state index in [4.69, 9.17) is 11.6 Å². The molecule has 2 nitrogen and oxygen atoms in total. The molecule has 0 bridgehead atoms. The van der Waals surface area contributed by atoms with Crippen molar-refractivity contribution in [2.24, 2.45) is 0 Å². The lowest BCUT2D eigenvalue weighted by Crippen LogP contribution is -1.67. The fourth-order valence-electron chi connectivity index (χ4n) is 0.752. The van der Waals surface area contributed by atoms with Gasteiger partial charge in [0.1, 0.15) is 0 Å². The van der Waals surface area contributed by atoms with Gasteiger partial charge in [-0.2, -0.15) is 0 Å². The number of hydrogen-bond donors (Lipinski definition) is 0. The largest absolute Gasteiger partial charge is 0.263 e. The minimum atomic E-state index is 0.572. The Hall–Kier alpha value is -0.670. The molecule has 0 aliphatic carbocycles. The molecule has 0 spiro atoms. The highest BCUT2D eigenvalue weighted by atomic mass is 35.5.